The molecule has 0 saturated carbocycles. The van der Waals surface area contributed by atoms with Crippen molar-refractivity contribution in [1.82, 2.24) is 19.6 Å². The van der Waals surface area contributed by atoms with E-state index in [1.54, 1.807) is 6.20 Å². The van der Waals surface area contributed by atoms with Crippen molar-refractivity contribution in [3.63, 3.8) is 0 Å². The highest BCUT2D eigenvalue weighted by Gasteiger charge is 2.08. The molecule has 0 aliphatic heterocycles. The van der Waals surface area contributed by atoms with Crippen LogP contribution in [0.5, 0.6) is 0 Å². The zero-order valence-electron chi connectivity index (χ0n) is 15.6. The predicted octanol–water partition coefficient (Wildman–Crippen LogP) is 3.88. The summed E-state index contributed by atoms with van der Waals surface area (Å²) < 4.78 is 3.87. The maximum absolute atomic E-state index is 5.43. The highest BCUT2D eigenvalue weighted by atomic mass is 32.1. The molecule has 0 aliphatic rings. The molecule has 0 aliphatic carbocycles. The van der Waals surface area contributed by atoms with Crippen molar-refractivity contribution in [2.75, 3.05) is 10.6 Å². The van der Waals surface area contributed by atoms with Crippen LogP contribution in [-0.4, -0.2) is 24.7 Å². The van der Waals surface area contributed by atoms with Crippen molar-refractivity contribution >= 4 is 28.7 Å². The quantitative estimate of drug-likeness (QED) is 0.669. The van der Waals surface area contributed by atoms with E-state index in [0.29, 0.717) is 11.7 Å². The molecular weight excluding hydrogens is 344 g/mol. The van der Waals surface area contributed by atoms with Gasteiger partial charge in [-0.25, -0.2) is 0 Å². The molecule has 0 saturated heterocycles. The number of aromatic nitrogens is 4. The highest BCUT2D eigenvalue weighted by molar-refractivity contribution is 7.80. The number of hydrogen-bond acceptors (Lipinski definition) is 3. The maximum atomic E-state index is 5.43. The minimum absolute atomic E-state index is 0.549. The average molecular weight is 369 g/mol. The summed E-state index contributed by atoms with van der Waals surface area (Å²) in [6.45, 7) is 9.89. The Morgan fingerprint density at radius 1 is 1.12 bits per heavy atom. The summed E-state index contributed by atoms with van der Waals surface area (Å²) in [5.41, 5.74) is 6.62. The van der Waals surface area contributed by atoms with E-state index < -0.39 is 0 Å². The van der Waals surface area contributed by atoms with Crippen molar-refractivity contribution in [3.8, 4) is 0 Å². The molecule has 0 unspecified atom stereocenters. The van der Waals surface area contributed by atoms with Gasteiger partial charge in [-0.15, -0.1) is 0 Å². The summed E-state index contributed by atoms with van der Waals surface area (Å²) in [5.74, 6) is 0. The summed E-state index contributed by atoms with van der Waals surface area (Å²) in [4.78, 5) is 0. The topological polar surface area (TPSA) is 59.7 Å². The lowest BCUT2D eigenvalue weighted by molar-refractivity contribution is 0.633. The van der Waals surface area contributed by atoms with Gasteiger partial charge in [0.05, 0.1) is 24.6 Å². The van der Waals surface area contributed by atoms with Crippen LogP contribution in [0.4, 0.5) is 11.4 Å². The van der Waals surface area contributed by atoms with E-state index in [4.69, 9.17) is 12.2 Å². The molecule has 0 spiro atoms. The standard InChI is InChI=1S/C19H24N6S/c1-5-25-15(4)16(9-21-25)11-24-12-17(10-20-24)22-19(26)23-18-8-6-7-13(2)14(18)3/h6-10,12H,5,11H2,1-4H3,(H2,22,23,26). The van der Waals surface area contributed by atoms with Gasteiger partial charge in [-0.2, -0.15) is 10.2 Å². The first kappa shape index (κ1) is 18.1. The number of rotatable bonds is 5. The third kappa shape index (κ3) is 3.94. The van der Waals surface area contributed by atoms with Gasteiger partial charge in [0.2, 0.25) is 0 Å². The van der Waals surface area contributed by atoms with Gasteiger partial charge < -0.3 is 10.6 Å². The number of nitrogens with one attached hydrogen (secondary N) is 2. The smallest absolute Gasteiger partial charge is 0.175 e. The summed E-state index contributed by atoms with van der Waals surface area (Å²) in [6, 6.07) is 6.13. The van der Waals surface area contributed by atoms with Crippen LogP contribution in [0, 0.1) is 20.8 Å². The number of nitrogens with zero attached hydrogens (tertiary/aromatic N) is 4. The lowest BCUT2D eigenvalue weighted by Gasteiger charge is -2.12. The van der Waals surface area contributed by atoms with Gasteiger partial charge in [-0.05, 0) is 57.1 Å². The zero-order valence-corrected chi connectivity index (χ0v) is 16.4. The van der Waals surface area contributed by atoms with E-state index in [-0.39, 0.29) is 0 Å². The summed E-state index contributed by atoms with van der Waals surface area (Å²) in [7, 11) is 0. The van der Waals surface area contributed by atoms with Crippen LogP contribution in [0.1, 0.15) is 29.3 Å². The molecule has 6 nitrogen and oxygen atoms in total. The van der Waals surface area contributed by atoms with Crippen LogP contribution in [0.2, 0.25) is 0 Å². The number of thiocarbonyl (C=S) groups is 1. The fraction of sp³-hybridized carbons (Fsp3) is 0.316. The van der Waals surface area contributed by atoms with Gasteiger partial charge in [-0.1, -0.05) is 12.1 Å². The molecule has 0 amide bonds. The lowest BCUT2D eigenvalue weighted by atomic mass is 10.1. The van der Waals surface area contributed by atoms with Crippen molar-refractivity contribution in [2.45, 2.75) is 40.8 Å². The largest absolute Gasteiger partial charge is 0.332 e. The minimum Gasteiger partial charge on any atom is -0.332 e. The molecule has 7 heteroatoms. The summed E-state index contributed by atoms with van der Waals surface area (Å²) >= 11 is 5.43. The van der Waals surface area contributed by atoms with Crippen LogP contribution in [0.25, 0.3) is 0 Å². The first-order valence-electron chi connectivity index (χ1n) is 8.66. The highest BCUT2D eigenvalue weighted by Crippen LogP contribution is 2.18. The number of benzene rings is 1. The normalized spacial score (nSPS) is 10.8. The zero-order chi connectivity index (χ0) is 18.7. The average Bonchev–Trinajstić information content (AvgIpc) is 3.19. The fourth-order valence-electron chi connectivity index (χ4n) is 2.82. The number of anilines is 2. The van der Waals surface area contributed by atoms with Crippen LogP contribution < -0.4 is 10.6 Å². The van der Waals surface area contributed by atoms with E-state index >= 15 is 0 Å². The first-order chi connectivity index (χ1) is 12.5. The molecule has 2 N–H and O–H groups in total. The Morgan fingerprint density at radius 3 is 2.65 bits per heavy atom. The lowest BCUT2D eigenvalue weighted by Crippen LogP contribution is -2.19. The molecule has 0 bridgehead atoms. The monoisotopic (exact) mass is 368 g/mol. The summed E-state index contributed by atoms with van der Waals surface area (Å²) in [5, 5.41) is 15.8. The molecule has 0 fully saturated rings. The van der Waals surface area contributed by atoms with Gasteiger partial charge in [0.25, 0.3) is 0 Å². The van der Waals surface area contributed by atoms with Crippen LogP contribution in [-0.2, 0) is 13.1 Å². The van der Waals surface area contributed by atoms with E-state index in [1.807, 2.05) is 33.9 Å². The molecule has 1 aromatic carbocycles. The molecule has 0 atom stereocenters. The van der Waals surface area contributed by atoms with E-state index in [1.165, 1.54) is 16.8 Å². The van der Waals surface area contributed by atoms with Gasteiger partial charge in [0.1, 0.15) is 0 Å². The van der Waals surface area contributed by atoms with Crippen molar-refractivity contribution < 1.29 is 0 Å². The Balaban J connectivity index is 1.63. The molecule has 3 aromatic rings. The van der Waals surface area contributed by atoms with Gasteiger partial charge >= 0.3 is 0 Å². The van der Waals surface area contributed by atoms with E-state index in [0.717, 1.165) is 23.5 Å². The Labute approximate surface area is 159 Å². The van der Waals surface area contributed by atoms with Crippen molar-refractivity contribution in [3.05, 3.63) is 59.2 Å². The molecule has 0 radical (unpaired) electrons. The Hall–Kier alpha value is -2.67. The number of aryl methyl sites for hydroxylation is 2. The van der Waals surface area contributed by atoms with Crippen LogP contribution in [0.3, 0.4) is 0 Å². The fourth-order valence-corrected chi connectivity index (χ4v) is 3.05. The molecule has 3 rings (SSSR count). The van der Waals surface area contributed by atoms with E-state index in [9.17, 15) is 0 Å². The maximum Gasteiger partial charge on any atom is 0.175 e. The molecule has 26 heavy (non-hydrogen) atoms. The molecule has 2 aromatic heterocycles. The molecule has 136 valence electrons. The Bertz CT molecular complexity index is 924. The SMILES string of the molecule is CCn1ncc(Cn2cc(NC(=S)Nc3cccc(C)c3C)cn2)c1C. The van der Waals surface area contributed by atoms with Crippen molar-refractivity contribution in [1.29, 1.82) is 0 Å². The van der Waals surface area contributed by atoms with Crippen LogP contribution >= 0.6 is 12.2 Å². The van der Waals surface area contributed by atoms with Gasteiger partial charge in [0.15, 0.2) is 5.11 Å². The molecule has 2 heterocycles. The number of hydrogen-bond donors (Lipinski definition) is 2. The second-order valence-corrected chi connectivity index (χ2v) is 6.73. The Kier molecular flexibility index (Phi) is 5.37. The summed E-state index contributed by atoms with van der Waals surface area (Å²) in [6.07, 6.45) is 5.62. The Morgan fingerprint density at radius 2 is 1.92 bits per heavy atom. The van der Waals surface area contributed by atoms with Crippen molar-refractivity contribution in [2.24, 2.45) is 0 Å². The third-order valence-corrected chi connectivity index (χ3v) is 4.78. The molecular formula is C19H24N6S. The third-order valence-electron chi connectivity index (χ3n) is 4.58. The van der Waals surface area contributed by atoms with E-state index in [2.05, 4.69) is 54.6 Å². The van der Waals surface area contributed by atoms with Gasteiger partial charge in [0, 0.05) is 29.7 Å². The van der Waals surface area contributed by atoms with Crippen LogP contribution in [0.15, 0.2) is 36.8 Å². The second-order valence-electron chi connectivity index (χ2n) is 6.32. The second kappa shape index (κ2) is 7.70. The van der Waals surface area contributed by atoms with Gasteiger partial charge in [-0.3, -0.25) is 9.36 Å². The minimum atomic E-state index is 0.549. The first-order valence-corrected chi connectivity index (χ1v) is 9.06. The predicted molar refractivity (Wildman–Crippen MR) is 110 cm³/mol.